The number of carbonyl (C=O) groups is 3. The monoisotopic (exact) mass is 440 g/mol. The van der Waals surface area contributed by atoms with Gasteiger partial charge in [-0.15, -0.1) is 0 Å². The number of hydrazone groups is 1. The number of fused-ring (bicyclic) bond motifs is 1. The summed E-state index contributed by atoms with van der Waals surface area (Å²) in [5, 5.41) is 9.02. The van der Waals surface area contributed by atoms with E-state index < -0.39 is 11.8 Å². The molecule has 168 valence electrons. The SMILES string of the molecule is COc1ccc(C)cc1NC(=O)C(=O)NN=C(C)CC(=O)Nc1ccc2c(c1)OCCO2. The fourth-order valence-corrected chi connectivity index (χ4v) is 2.89. The van der Waals surface area contributed by atoms with E-state index in [1.54, 1.807) is 37.3 Å². The standard InChI is InChI=1S/C22H24N4O6/c1-13-4-6-17(30-3)16(10-13)24-21(28)22(29)26-25-14(2)11-20(27)23-15-5-7-18-19(12-15)32-9-8-31-18/h4-7,10,12H,8-9,11H2,1-3H3,(H,23,27)(H,24,28)(H,26,29). The molecule has 0 saturated carbocycles. The van der Waals surface area contributed by atoms with E-state index in [4.69, 9.17) is 14.2 Å². The minimum atomic E-state index is -0.972. The quantitative estimate of drug-likeness (QED) is 0.359. The van der Waals surface area contributed by atoms with E-state index in [0.29, 0.717) is 47.5 Å². The first kappa shape index (κ1) is 22.6. The smallest absolute Gasteiger partial charge is 0.329 e. The van der Waals surface area contributed by atoms with E-state index in [1.807, 2.05) is 13.0 Å². The summed E-state index contributed by atoms with van der Waals surface area (Å²) >= 11 is 0. The third-order valence-electron chi connectivity index (χ3n) is 4.40. The molecule has 1 aliphatic rings. The third-order valence-corrected chi connectivity index (χ3v) is 4.40. The Labute approximate surface area is 184 Å². The van der Waals surface area contributed by atoms with Gasteiger partial charge >= 0.3 is 11.8 Å². The van der Waals surface area contributed by atoms with E-state index in [-0.39, 0.29) is 12.3 Å². The molecule has 2 aromatic carbocycles. The van der Waals surface area contributed by atoms with Gasteiger partial charge < -0.3 is 24.8 Å². The van der Waals surface area contributed by atoms with Crippen LogP contribution in [0, 0.1) is 6.92 Å². The second kappa shape index (κ2) is 10.3. The molecular weight excluding hydrogens is 416 g/mol. The first-order valence-corrected chi connectivity index (χ1v) is 9.84. The van der Waals surface area contributed by atoms with Crippen LogP contribution in [0.15, 0.2) is 41.5 Å². The predicted octanol–water partition coefficient (Wildman–Crippen LogP) is 2.23. The molecule has 1 aliphatic heterocycles. The zero-order valence-corrected chi connectivity index (χ0v) is 18.0. The molecule has 1 heterocycles. The van der Waals surface area contributed by atoms with Crippen LogP contribution in [0.3, 0.4) is 0 Å². The van der Waals surface area contributed by atoms with Crippen molar-refractivity contribution in [2.45, 2.75) is 20.3 Å². The van der Waals surface area contributed by atoms with Crippen molar-refractivity contribution in [2.24, 2.45) is 5.10 Å². The second-order valence-corrected chi connectivity index (χ2v) is 7.03. The lowest BCUT2D eigenvalue weighted by Gasteiger charge is -2.19. The molecular formula is C22H24N4O6. The minimum Gasteiger partial charge on any atom is -0.495 e. The molecule has 10 nitrogen and oxygen atoms in total. The van der Waals surface area contributed by atoms with Crippen LogP contribution in [-0.2, 0) is 14.4 Å². The van der Waals surface area contributed by atoms with Gasteiger partial charge in [0, 0.05) is 17.5 Å². The highest BCUT2D eigenvalue weighted by Crippen LogP contribution is 2.32. The van der Waals surface area contributed by atoms with Gasteiger partial charge in [-0.1, -0.05) is 6.07 Å². The summed E-state index contributed by atoms with van der Waals surface area (Å²) in [5.74, 6) is -0.621. The van der Waals surface area contributed by atoms with Crippen molar-refractivity contribution in [3.63, 3.8) is 0 Å². The number of nitrogens with zero attached hydrogens (tertiary/aromatic N) is 1. The van der Waals surface area contributed by atoms with Gasteiger partial charge in [0.15, 0.2) is 11.5 Å². The zero-order valence-electron chi connectivity index (χ0n) is 18.0. The number of hydrogen-bond acceptors (Lipinski definition) is 7. The van der Waals surface area contributed by atoms with Gasteiger partial charge in [0.1, 0.15) is 19.0 Å². The lowest BCUT2D eigenvalue weighted by atomic mass is 10.2. The largest absolute Gasteiger partial charge is 0.495 e. The van der Waals surface area contributed by atoms with E-state index >= 15 is 0 Å². The molecule has 3 N–H and O–H groups in total. The van der Waals surface area contributed by atoms with Crippen LogP contribution in [-0.4, -0.2) is 43.8 Å². The number of aryl methyl sites for hydroxylation is 1. The van der Waals surface area contributed by atoms with E-state index in [2.05, 4.69) is 21.2 Å². The van der Waals surface area contributed by atoms with E-state index in [9.17, 15) is 14.4 Å². The number of anilines is 2. The Bertz CT molecular complexity index is 1070. The van der Waals surface area contributed by atoms with Crippen LogP contribution in [0.25, 0.3) is 0 Å². The Morgan fingerprint density at radius 2 is 1.75 bits per heavy atom. The molecule has 3 rings (SSSR count). The van der Waals surface area contributed by atoms with Gasteiger partial charge in [0.05, 0.1) is 19.2 Å². The van der Waals surface area contributed by atoms with Crippen LogP contribution < -0.4 is 30.3 Å². The maximum absolute atomic E-state index is 12.2. The molecule has 10 heteroatoms. The lowest BCUT2D eigenvalue weighted by molar-refractivity contribution is -0.136. The molecule has 3 amide bonds. The minimum absolute atomic E-state index is 0.0813. The summed E-state index contributed by atoms with van der Waals surface area (Å²) < 4.78 is 16.1. The number of nitrogens with one attached hydrogen (secondary N) is 3. The van der Waals surface area contributed by atoms with Gasteiger partial charge in [-0.3, -0.25) is 14.4 Å². The summed E-state index contributed by atoms with van der Waals surface area (Å²) in [4.78, 5) is 36.4. The van der Waals surface area contributed by atoms with Gasteiger partial charge in [-0.2, -0.15) is 5.10 Å². The van der Waals surface area contributed by atoms with Gasteiger partial charge in [0.25, 0.3) is 0 Å². The molecule has 0 spiro atoms. The second-order valence-electron chi connectivity index (χ2n) is 7.03. The molecule has 0 atom stereocenters. The fraction of sp³-hybridized carbons (Fsp3) is 0.273. The Balaban J connectivity index is 1.51. The average Bonchev–Trinajstić information content (AvgIpc) is 2.77. The van der Waals surface area contributed by atoms with Crippen LogP contribution in [0.1, 0.15) is 18.9 Å². The highest BCUT2D eigenvalue weighted by atomic mass is 16.6. The van der Waals surface area contributed by atoms with Crippen molar-refractivity contribution in [1.82, 2.24) is 5.43 Å². The van der Waals surface area contributed by atoms with Crippen LogP contribution in [0.2, 0.25) is 0 Å². The first-order chi connectivity index (χ1) is 15.4. The van der Waals surface area contributed by atoms with Crippen molar-refractivity contribution in [3.05, 3.63) is 42.0 Å². The fourth-order valence-electron chi connectivity index (χ4n) is 2.89. The summed E-state index contributed by atoms with van der Waals surface area (Å²) in [6, 6.07) is 10.3. The molecule has 0 bridgehead atoms. The lowest BCUT2D eigenvalue weighted by Crippen LogP contribution is -2.33. The number of ether oxygens (including phenoxy) is 3. The normalized spacial score (nSPS) is 12.5. The highest BCUT2D eigenvalue weighted by Gasteiger charge is 2.16. The van der Waals surface area contributed by atoms with E-state index in [1.165, 1.54) is 7.11 Å². The predicted molar refractivity (Wildman–Crippen MR) is 118 cm³/mol. The van der Waals surface area contributed by atoms with E-state index in [0.717, 1.165) is 5.56 Å². The number of benzene rings is 2. The summed E-state index contributed by atoms with van der Waals surface area (Å²) in [6.07, 6.45) is -0.0813. The maximum Gasteiger partial charge on any atom is 0.329 e. The molecule has 0 saturated heterocycles. The van der Waals surface area contributed by atoms with Crippen molar-refractivity contribution < 1.29 is 28.6 Å². The number of rotatable bonds is 6. The summed E-state index contributed by atoms with van der Waals surface area (Å²) in [5.41, 5.74) is 4.26. The van der Waals surface area contributed by atoms with Gasteiger partial charge in [-0.05, 0) is 43.7 Å². The topological polar surface area (TPSA) is 127 Å². The number of carbonyl (C=O) groups excluding carboxylic acids is 3. The summed E-state index contributed by atoms with van der Waals surface area (Å²) in [6.45, 7) is 4.33. The zero-order chi connectivity index (χ0) is 23.1. The van der Waals surface area contributed by atoms with Crippen molar-refractivity contribution in [2.75, 3.05) is 31.0 Å². The van der Waals surface area contributed by atoms with Crippen molar-refractivity contribution in [1.29, 1.82) is 0 Å². The Morgan fingerprint density at radius 1 is 1.00 bits per heavy atom. The molecule has 32 heavy (non-hydrogen) atoms. The number of hydrogen-bond donors (Lipinski definition) is 3. The highest BCUT2D eigenvalue weighted by molar-refractivity contribution is 6.39. The Hall–Kier alpha value is -4.08. The Morgan fingerprint density at radius 3 is 2.50 bits per heavy atom. The number of amides is 3. The van der Waals surface area contributed by atoms with Crippen molar-refractivity contribution >= 4 is 34.8 Å². The molecule has 0 aromatic heterocycles. The average molecular weight is 440 g/mol. The third kappa shape index (κ3) is 5.97. The van der Waals surface area contributed by atoms with Crippen LogP contribution >= 0.6 is 0 Å². The van der Waals surface area contributed by atoms with Crippen LogP contribution in [0.4, 0.5) is 11.4 Å². The van der Waals surface area contributed by atoms with Gasteiger partial charge in [0.2, 0.25) is 5.91 Å². The molecule has 0 fully saturated rings. The summed E-state index contributed by atoms with van der Waals surface area (Å²) in [7, 11) is 1.46. The first-order valence-electron chi connectivity index (χ1n) is 9.84. The number of methoxy groups -OCH3 is 1. The van der Waals surface area contributed by atoms with Gasteiger partial charge in [-0.25, -0.2) is 5.43 Å². The van der Waals surface area contributed by atoms with Crippen LogP contribution in [0.5, 0.6) is 17.2 Å². The Kier molecular flexibility index (Phi) is 7.27. The molecule has 0 aliphatic carbocycles. The maximum atomic E-state index is 12.2. The molecule has 0 radical (unpaired) electrons. The van der Waals surface area contributed by atoms with Crippen molar-refractivity contribution in [3.8, 4) is 17.2 Å². The molecule has 0 unspecified atom stereocenters. The molecule has 2 aromatic rings.